The first-order valence-electron chi connectivity index (χ1n) is 6.50. The van der Waals surface area contributed by atoms with Gasteiger partial charge in [0.25, 0.3) is 0 Å². The van der Waals surface area contributed by atoms with Crippen LogP contribution < -0.4 is 5.73 Å². The van der Waals surface area contributed by atoms with Crippen molar-refractivity contribution in [1.29, 1.82) is 0 Å². The molecule has 2 heterocycles. The molecule has 2 aromatic heterocycles. The van der Waals surface area contributed by atoms with Gasteiger partial charge in [0.15, 0.2) is 0 Å². The number of nitrogens with two attached hydrogens (primary N) is 1. The average molecular weight is 246 g/mol. The summed E-state index contributed by atoms with van der Waals surface area (Å²) in [5, 5.41) is 4.46. The van der Waals surface area contributed by atoms with E-state index in [1.165, 1.54) is 11.3 Å². The van der Waals surface area contributed by atoms with Crippen molar-refractivity contribution in [2.75, 3.05) is 0 Å². The maximum Gasteiger partial charge on any atom is 0.0639 e. The van der Waals surface area contributed by atoms with Gasteiger partial charge in [-0.25, -0.2) is 0 Å². The summed E-state index contributed by atoms with van der Waals surface area (Å²) in [5.74, 6) is 0. The largest absolute Gasteiger partial charge is 0.348 e. The Morgan fingerprint density at radius 1 is 1.44 bits per heavy atom. The third-order valence-corrected chi connectivity index (χ3v) is 3.10. The first-order chi connectivity index (χ1) is 8.58. The predicted octanol–water partition coefficient (Wildman–Crippen LogP) is 1.72. The van der Waals surface area contributed by atoms with Crippen molar-refractivity contribution in [3.8, 4) is 0 Å². The maximum atomic E-state index is 5.81. The van der Waals surface area contributed by atoms with Gasteiger partial charge in [0, 0.05) is 25.5 Å². The van der Waals surface area contributed by atoms with Crippen LogP contribution in [0.15, 0.2) is 24.5 Å². The minimum Gasteiger partial charge on any atom is -0.348 e. The lowest BCUT2D eigenvalue weighted by Gasteiger charge is -2.04. The Hall–Kier alpha value is -1.55. The first kappa shape index (κ1) is 12.9. The molecule has 1 unspecified atom stereocenters. The standard InChI is InChI=1S/C14H22N4/c1-4-13-8-14(17(3)16-13)10-18-6-5-12(9-18)7-11(2)15/h5-6,8-9,11H,4,7,10,15H2,1-3H3. The van der Waals surface area contributed by atoms with Crippen molar-refractivity contribution in [2.45, 2.75) is 39.3 Å². The van der Waals surface area contributed by atoms with E-state index in [1.54, 1.807) is 0 Å². The molecule has 2 rings (SSSR count). The summed E-state index contributed by atoms with van der Waals surface area (Å²) >= 11 is 0. The van der Waals surface area contributed by atoms with Crippen LogP contribution in [0.4, 0.5) is 0 Å². The molecule has 0 aliphatic heterocycles. The van der Waals surface area contributed by atoms with Gasteiger partial charge in [0.2, 0.25) is 0 Å². The molecule has 1 atom stereocenters. The Morgan fingerprint density at radius 3 is 2.83 bits per heavy atom. The molecular formula is C14H22N4. The Bertz CT molecular complexity index is 508. The summed E-state index contributed by atoms with van der Waals surface area (Å²) in [5.41, 5.74) is 9.48. The molecule has 0 bridgehead atoms. The number of hydrogen-bond donors (Lipinski definition) is 1. The molecular weight excluding hydrogens is 224 g/mol. The van der Waals surface area contributed by atoms with Crippen LogP contribution >= 0.6 is 0 Å². The lowest BCUT2D eigenvalue weighted by molar-refractivity contribution is 0.660. The Labute approximate surface area is 108 Å². The van der Waals surface area contributed by atoms with Gasteiger partial charge in [0.1, 0.15) is 0 Å². The summed E-state index contributed by atoms with van der Waals surface area (Å²) in [6.07, 6.45) is 6.19. The van der Waals surface area contributed by atoms with Crippen molar-refractivity contribution >= 4 is 0 Å². The van der Waals surface area contributed by atoms with Crippen molar-refractivity contribution in [2.24, 2.45) is 12.8 Å². The molecule has 4 heteroatoms. The lowest BCUT2D eigenvalue weighted by atomic mass is 10.1. The number of aryl methyl sites for hydroxylation is 2. The van der Waals surface area contributed by atoms with Crippen molar-refractivity contribution in [3.05, 3.63) is 41.5 Å². The van der Waals surface area contributed by atoms with Gasteiger partial charge in [-0.05, 0) is 37.5 Å². The van der Waals surface area contributed by atoms with Crippen LogP contribution in [-0.2, 0) is 26.4 Å². The molecule has 0 aromatic carbocycles. The highest BCUT2D eigenvalue weighted by Gasteiger charge is 2.05. The topological polar surface area (TPSA) is 48.8 Å². The molecule has 2 aromatic rings. The van der Waals surface area contributed by atoms with Gasteiger partial charge in [-0.15, -0.1) is 0 Å². The summed E-state index contributed by atoms with van der Waals surface area (Å²) in [6.45, 7) is 5.02. The Balaban J connectivity index is 2.08. The Kier molecular flexibility index (Phi) is 3.87. The minimum atomic E-state index is 0.212. The summed E-state index contributed by atoms with van der Waals surface area (Å²) in [7, 11) is 2.00. The van der Waals surface area contributed by atoms with E-state index in [0.29, 0.717) is 0 Å². The van der Waals surface area contributed by atoms with Gasteiger partial charge in [-0.1, -0.05) is 6.92 Å². The second-order valence-corrected chi connectivity index (χ2v) is 4.98. The number of hydrogen-bond acceptors (Lipinski definition) is 2. The van der Waals surface area contributed by atoms with Gasteiger partial charge in [0.05, 0.1) is 17.9 Å². The van der Waals surface area contributed by atoms with Gasteiger partial charge in [-0.3, -0.25) is 4.68 Å². The van der Waals surface area contributed by atoms with Crippen molar-refractivity contribution in [3.63, 3.8) is 0 Å². The molecule has 0 radical (unpaired) electrons. The summed E-state index contributed by atoms with van der Waals surface area (Å²) in [6, 6.07) is 4.52. The third-order valence-electron chi connectivity index (χ3n) is 3.10. The fraction of sp³-hybridized carbons (Fsp3) is 0.500. The zero-order valence-electron chi connectivity index (χ0n) is 11.4. The summed E-state index contributed by atoms with van der Waals surface area (Å²) < 4.78 is 4.15. The highest BCUT2D eigenvalue weighted by molar-refractivity contribution is 5.15. The molecule has 0 saturated carbocycles. The molecule has 0 aliphatic carbocycles. The van der Waals surface area contributed by atoms with Gasteiger partial charge >= 0.3 is 0 Å². The van der Waals surface area contributed by atoms with Crippen LogP contribution in [0.5, 0.6) is 0 Å². The molecule has 0 fully saturated rings. The molecule has 0 aliphatic rings. The molecule has 18 heavy (non-hydrogen) atoms. The molecule has 0 spiro atoms. The van der Waals surface area contributed by atoms with E-state index in [0.717, 1.165) is 25.1 Å². The van der Waals surface area contributed by atoms with E-state index in [-0.39, 0.29) is 6.04 Å². The molecule has 2 N–H and O–H groups in total. The van der Waals surface area contributed by atoms with Crippen LogP contribution in [0.2, 0.25) is 0 Å². The number of aromatic nitrogens is 3. The van der Waals surface area contributed by atoms with E-state index in [1.807, 2.05) is 18.7 Å². The van der Waals surface area contributed by atoms with E-state index in [2.05, 4.69) is 41.1 Å². The maximum absolute atomic E-state index is 5.81. The van der Waals surface area contributed by atoms with Crippen LogP contribution in [0.1, 0.15) is 30.8 Å². The van der Waals surface area contributed by atoms with Crippen LogP contribution in [-0.4, -0.2) is 20.4 Å². The second-order valence-electron chi connectivity index (χ2n) is 4.98. The Morgan fingerprint density at radius 2 is 2.22 bits per heavy atom. The normalized spacial score (nSPS) is 12.9. The number of nitrogens with zero attached hydrogens (tertiary/aromatic N) is 3. The average Bonchev–Trinajstić information content (AvgIpc) is 2.86. The molecule has 0 saturated heterocycles. The first-order valence-corrected chi connectivity index (χ1v) is 6.50. The smallest absolute Gasteiger partial charge is 0.0639 e. The van der Waals surface area contributed by atoms with Crippen LogP contribution in [0.3, 0.4) is 0 Å². The van der Waals surface area contributed by atoms with E-state index >= 15 is 0 Å². The highest BCUT2D eigenvalue weighted by Crippen LogP contribution is 2.09. The number of rotatable bonds is 5. The highest BCUT2D eigenvalue weighted by atomic mass is 15.3. The van der Waals surface area contributed by atoms with Gasteiger partial charge < -0.3 is 10.3 Å². The van der Waals surface area contributed by atoms with Crippen LogP contribution in [0.25, 0.3) is 0 Å². The second kappa shape index (κ2) is 5.40. The summed E-state index contributed by atoms with van der Waals surface area (Å²) in [4.78, 5) is 0. The molecule has 4 nitrogen and oxygen atoms in total. The monoisotopic (exact) mass is 246 g/mol. The van der Waals surface area contributed by atoms with Crippen molar-refractivity contribution in [1.82, 2.24) is 14.3 Å². The quantitative estimate of drug-likeness (QED) is 0.873. The van der Waals surface area contributed by atoms with Gasteiger partial charge in [-0.2, -0.15) is 5.10 Å². The SMILES string of the molecule is CCc1cc(Cn2ccc(CC(C)N)c2)n(C)n1. The lowest BCUT2D eigenvalue weighted by Crippen LogP contribution is -2.17. The predicted molar refractivity (Wildman–Crippen MR) is 73.5 cm³/mol. The van der Waals surface area contributed by atoms with E-state index < -0.39 is 0 Å². The molecule has 98 valence electrons. The minimum absolute atomic E-state index is 0.212. The van der Waals surface area contributed by atoms with Crippen molar-refractivity contribution < 1.29 is 0 Å². The molecule has 0 amide bonds. The van der Waals surface area contributed by atoms with E-state index in [9.17, 15) is 0 Å². The third kappa shape index (κ3) is 3.01. The fourth-order valence-electron chi connectivity index (χ4n) is 2.16. The fourth-order valence-corrected chi connectivity index (χ4v) is 2.16. The van der Waals surface area contributed by atoms with Crippen LogP contribution in [0, 0.1) is 0 Å². The zero-order valence-corrected chi connectivity index (χ0v) is 11.4. The van der Waals surface area contributed by atoms with E-state index in [4.69, 9.17) is 5.73 Å². The zero-order chi connectivity index (χ0) is 13.1.